The number of carbonyl (C=O) groups excluding carboxylic acids is 2. The predicted octanol–water partition coefficient (Wildman–Crippen LogP) is 5.78. The molecule has 0 bridgehead atoms. The first kappa shape index (κ1) is 41.7. The lowest BCUT2D eigenvalue weighted by Crippen LogP contribution is -2.23. The average molecular weight is 859 g/mol. The summed E-state index contributed by atoms with van der Waals surface area (Å²) in [5, 5.41) is 7.13. The summed E-state index contributed by atoms with van der Waals surface area (Å²) in [5.41, 5.74) is 3.33. The van der Waals surface area contributed by atoms with Gasteiger partial charge in [0.1, 0.15) is 11.5 Å². The van der Waals surface area contributed by atoms with Crippen LogP contribution in [0.3, 0.4) is 0 Å². The lowest BCUT2D eigenvalue weighted by Gasteiger charge is -2.11. The van der Waals surface area contributed by atoms with Gasteiger partial charge in [-0.2, -0.15) is 0 Å². The van der Waals surface area contributed by atoms with Crippen LogP contribution in [0.25, 0.3) is 21.9 Å². The molecule has 0 saturated carbocycles. The van der Waals surface area contributed by atoms with Gasteiger partial charge in [0, 0.05) is 74.3 Å². The van der Waals surface area contributed by atoms with E-state index >= 15 is 0 Å². The monoisotopic (exact) mass is 858 g/mol. The molecule has 0 aliphatic carbocycles. The van der Waals surface area contributed by atoms with Gasteiger partial charge in [0.2, 0.25) is 25.6 Å². The minimum Gasteiger partial charge on any atom is -0.481 e. The van der Waals surface area contributed by atoms with Crippen LogP contribution in [0.5, 0.6) is 5.88 Å². The zero-order valence-corrected chi connectivity index (χ0v) is 34.6. The second kappa shape index (κ2) is 17.8. The number of ether oxygens (including phenoxy) is 1. The first-order chi connectivity index (χ1) is 29.3. The Morgan fingerprint density at radius 1 is 0.705 bits per heavy atom. The number of aromatic amines is 1. The lowest BCUT2D eigenvalue weighted by molar-refractivity contribution is 0.0923. The Kier molecular flexibility index (Phi) is 12.2. The number of hydrogen-bond acceptors (Lipinski definition) is 13. The third-order valence-corrected chi connectivity index (χ3v) is 12.7. The molecule has 0 saturated heterocycles. The fraction of sp³-hybridized carbons (Fsp3) is 0.116. The number of nitrogens with zero attached hydrogens (tertiary/aromatic N) is 5. The Hall–Kier alpha value is -7.44. The largest absolute Gasteiger partial charge is 0.481 e. The number of amides is 2. The molecule has 0 radical (unpaired) electrons. The number of aromatic nitrogens is 5. The predicted molar refractivity (Wildman–Crippen MR) is 226 cm³/mol. The van der Waals surface area contributed by atoms with Gasteiger partial charge in [-0.25, -0.2) is 26.8 Å². The summed E-state index contributed by atoms with van der Waals surface area (Å²) >= 11 is 0. The summed E-state index contributed by atoms with van der Waals surface area (Å²) < 4.78 is 61.6. The molecule has 0 aliphatic heterocycles. The van der Waals surface area contributed by atoms with E-state index in [9.17, 15) is 26.4 Å². The number of carbonyl (C=O) groups is 2. The molecule has 0 unspecified atom stereocenters. The summed E-state index contributed by atoms with van der Waals surface area (Å²) in [5.74, 6) is 0.456. The van der Waals surface area contributed by atoms with E-state index in [2.05, 4.69) is 35.6 Å². The quantitative estimate of drug-likeness (QED) is 0.133. The highest BCUT2D eigenvalue weighted by Gasteiger charge is 2.21. The molecular formula is C43H38N8O8S2. The Bertz CT molecular complexity index is 2990. The van der Waals surface area contributed by atoms with Crippen molar-refractivity contribution in [2.45, 2.75) is 32.8 Å². The van der Waals surface area contributed by atoms with Gasteiger partial charge in [-0.1, -0.05) is 30.3 Å². The molecule has 18 heteroatoms. The standard InChI is InChI=1S/C22H21N5O3S.C21H17N3O5S/c1-27(2)21-8-7-18(14-24-21)31(29,30)17-5-3-15(4-6-17)12-25-22(28)20-11-16-13-23-10-9-19(16)26-20;1-28-19-3-2-4-20(24-19)30(26,27)16-7-5-14(6-8-16)12-23-21(25)17-11-15-9-10-22-13-18(15)29-17/h3-11,13-14,26H,12H2,1-2H3,(H,25,28);2-11,13H,12H2,1H3,(H,23,25). The number of hydrogen-bond donors (Lipinski definition) is 3. The molecule has 6 heterocycles. The normalized spacial score (nSPS) is 11.4. The van der Waals surface area contributed by atoms with E-state index in [0.29, 0.717) is 17.1 Å². The highest BCUT2D eigenvalue weighted by atomic mass is 32.2. The van der Waals surface area contributed by atoms with Crippen LogP contribution in [0.1, 0.15) is 32.2 Å². The van der Waals surface area contributed by atoms with E-state index in [1.165, 1.54) is 43.6 Å². The minimum absolute atomic E-state index is 0.0951. The Balaban J connectivity index is 0.000000184. The van der Waals surface area contributed by atoms with Gasteiger partial charge in [0.05, 0.1) is 28.0 Å². The summed E-state index contributed by atoms with van der Waals surface area (Å²) in [7, 11) is -2.35. The number of anilines is 1. The van der Waals surface area contributed by atoms with Crippen molar-refractivity contribution in [3.05, 3.63) is 157 Å². The van der Waals surface area contributed by atoms with Gasteiger partial charge in [0.25, 0.3) is 11.8 Å². The van der Waals surface area contributed by atoms with Crippen molar-refractivity contribution >= 4 is 59.2 Å². The first-order valence-electron chi connectivity index (χ1n) is 18.5. The molecule has 3 N–H and O–H groups in total. The van der Waals surface area contributed by atoms with Crippen molar-refractivity contribution < 1.29 is 35.6 Å². The van der Waals surface area contributed by atoms with E-state index in [1.54, 1.807) is 102 Å². The number of nitrogens with one attached hydrogen (secondary N) is 3. The number of rotatable bonds is 12. The van der Waals surface area contributed by atoms with Crippen molar-refractivity contribution in [3.8, 4) is 5.88 Å². The first-order valence-corrected chi connectivity index (χ1v) is 21.4. The van der Waals surface area contributed by atoms with Crippen LogP contribution in [0.4, 0.5) is 5.82 Å². The number of fused-ring (bicyclic) bond motifs is 2. The van der Waals surface area contributed by atoms with E-state index in [4.69, 9.17) is 9.15 Å². The fourth-order valence-electron chi connectivity index (χ4n) is 5.92. The van der Waals surface area contributed by atoms with E-state index in [-0.39, 0.29) is 56.3 Å². The van der Waals surface area contributed by atoms with Crippen LogP contribution in [0.2, 0.25) is 0 Å². The van der Waals surface area contributed by atoms with E-state index < -0.39 is 19.7 Å². The summed E-state index contributed by atoms with van der Waals surface area (Å²) in [6.07, 6.45) is 7.86. The van der Waals surface area contributed by atoms with E-state index in [1.807, 2.05) is 14.1 Å². The van der Waals surface area contributed by atoms with Gasteiger partial charge in [-0.15, -0.1) is 0 Å². The molecule has 0 atom stereocenters. The highest BCUT2D eigenvalue weighted by Crippen LogP contribution is 2.24. The minimum atomic E-state index is -3.78. The van der Waals surface area contributed by atoms with Gasteiger partial charge < -0.3 is 29.7 Å². The second-order valence-corrected chi connectivity index (χ2v) is 17.4. The van der Waals surface area contributed by atoms with Crippen LogP contribution >= 0.6 is 0 Å². The fourth-order valence-corrected chi connectivity index (χ4v) is 8.33. The molecule has 8 rings (SSSR count). The SMILES string of the molecule is CN(C)c1ccc(S(=O)(=O)c2ccc(CNC(=O)c3cc4cnccc4[nH]3)cc2)cn1.COc1cccc(S(=O)(=O)c2ccc(CNC(=O)c3cc4ccncc4o3)cc2)n1. The topological polar surface area (TPSA) is 219 Å². The zero-order chi connectivity index (χ0) is 43.1. The Morgan fingerprint density at radius 3 is 1.97 bits per heavy atom. The average Bonchev–Trinajstić information content (AvgIpc) is 3.93. The molecule has 0 fully saturated rings. The molecule has 2 aromatic carbocycles. The number of pyridine rings is 4. The molecule has 16 nitrogen and oxygen atoms in total. The van der Waals surface area contributed by atoms with Gasteiger partial charge in [-0.05, 0) is 77.9 Å². The second-order valence-electron chi connectivity index (χ2n) is 13.6. The van der Waals surface area contributed by atoms with Crippen LogP contribution in [0, 0.1) is 0 Å². The maximum Gasteiger partial charge on any atom is 0.287 e. The Labute approximate surface area is 350 Å². The molecule has 61 heavy (non-hydrogen) atoms. The van der Waals surface area contributed by atoms with Crippen LogP contribution in [-0.2, 0) is 32.8 Å². The molecule has 8 aromatic rings. The molecule has 0 aliphatic rings. The third-order valence-electron chi connectivity index (χ3n) is 9.26. The number of furan rings is 1. The van der Waals surface area contributed by atoms with Gasteiger partial charge in [0.15, 0.2) is 16.4 Å². The summed E-state index contributed by atoms with van der Waals surface area (Å²) in [6.45, 7) is 0.484. The molecule has 6 aromatic heterocycles. The summed E-state index contributed by atoms with van der Waals surface area (Å²) in [4.78, 5) is 46.1. The zero-order valence-electron chi connectivity index (χ0n) is 32.9. The maximum absolute atomic E-state index is 12.8. The van der Waals surface area contributed by atoms with Crippen molar-refractivity contribution in [2.24, 2.45) is 0 Å². The molecule has 310 valence electrons. The van der Waals surface area contributed by atoms with E-state index in [0.717, 1.165) is 27.4 Å². The van der Waals surface area contributed by atoms with Gasteiger partial charge >= 0.3 is 0 Å². The van der Waals surface area contributed by atoms with Crippen LogP contribution in [-0.4, -0.2) is 74.8 Å². The molecular weight excluding hydrogens is 821 g/mol. The van der Waals surface area contributed by atoms with Gasteiger partial charge in [-0.3, -0.25) is 19.6 Å². The Morgan fingerprint density at radius 2 is 1.34 bits per heavy atom. The number of H-pyrrole nitrogens is 1. The third kappa shape index (κ3) is 9.56. The maximum atomic E-state index is 12.8. The highest BCUT2D eigenvalue weighted by molar-refractivity contribution is 7.91. The number of sulfone groups is 2. The van der Waals surface area contributed by atoms with Crippen molar-refractivity contribution in [2.75, 3.05) is 26.1 Å². The smallest absolute Gasteiger partial charge is 0.287 e. The van der Waals surface area contributed by atoms with Crippen molar-refractivity contribution in [1.29, 1.82) is 0 Å². The van der Waals surface area contributed by atoms with Crippen molar-refractivity contribution in [3.63, 3.8) is 0 Å². The summed E-state index contributed by atoms with van der Waals surface area (Å²) in [6, 6.07) is 27.4. The number of benzene rings is 2. The van der Waals surface area contributed by atoms with Crippen LogP contribution in [0.15, 0.2) is 158 Å². The van der Waals surface area contributed by atoms with Crippen molar-refractivity contribution in [1.82, 2.24) is 35.6 Å². The lowest BCUT2D eigenvalue weighted by atomic mass is 10.2. The molecule has 2 amide bonds. The molecule has 0 spiro atoms. The number of methoxy groups -OCH3 is 1. The van der Waals surface area contributed by atoms with Crippen LogP contribution < -0.4 is 20.3 Å².